The number of benzene rings is 1. The van der Waals surface area contributed by atoms with E-state index in [9.17, 15) is 5.11 Å². The Morgan fingerprint density at radius 3 is 2.58 bits per heavy atom. The van der Waals surface area contributed by atoms with Crippen molar-refractivity contribution in [1.82, 2.24) is 15.0 Å². The lowest BCUT2D eigenvalue weighted by Gasteiger charge is -2.17. The van der Waals surface area contributed by atoms with Gasteiger partial charge in [0.25, 0.3) is 5.89 Å². The summed E-state index contributed by atoms with van der Waals surface area (Å²) in [6, 6.07) is 5.64. The zero-order chi connectivity index (χ0) is 22.5. The molecule has 0 saturated heterocycles. The zero-order valence-electron chi connectivity index (χ0n) is 18.2. The van der Waals surface area contributed by atoms with E-state index in [1.165, 1.54) is 10.4 Å². The predicted octanol–water partition coefficient (Wildman–Crippen LogP) is 4.31. The van der Waals surface area contributed by atoms with E-state index in [0.717, 1.165) is 30.1 Å². The van der Waals surface area contributed by atoms with E-state index in [4.69, 9.17) is 26.0 Å². The number of aromatic nitrogens is 2. The molecule has 3 rings (SSSR count). The van der Waals surface area contributed by atoms with Crippen molar-refractivity contribution in [3.8, 4) is 27.9 Å². The van der Waals surface area contributed by atoms with Gasteiger partial charge in [-0.2, -0.15) is 4.98 Å². The third-order valence-corrected chi connectivity index (χ3v) is 6.53. The molecule has 3 aromatic rings. The van der Waals surface area contributed by atoms with E-state index >= 15 is 0 Å². The number of thiophene rings is 1. The van der Waals surface area contributed by atoms with Gasteiger partial charge in [-0.15, -0.1) is 11.3 Å². The van der Waals surface area contributed by atoms with Crippen LogP contribution in [0, 0.1) is 13.8 Å². The number of hydrogen-bond acceptors (Lipinski definition) is 8. The van der Waals surface area contributed by atoms with Gasteiger partial charge in [-0.05, 0) is 56.3 Å². The SMILES string of the molecule is CCN(CC)Cc1sc(-c2nc(-c3cc(C)c(OCC(O)CO)c(Cl)c3)no2)cc1C. The normalized spacial score (nSPS) is 12.5. The van der Waals surface area contributed by atoms with Crippen LogP contribution < -0.4 is 4.74 Å². The maximum atomic E-state index is 9.49. The molecule has 1 unspecified atom stereocenters. The highest BCUT2D eigenvalue weighted by molar-refractivity contribution is 7.15. The summed E-state index contributed by atoms with van der Waals surface area (Å²) in [6.45, 7) is 10.8. The Bertz CT molecular complexity index is 993. The van der Waals surface area contributed by atoms with Crippen LogP contribution in [0.1, 0.15) is 29.9 Å². The molecule has 1 atom stereocenters. The van der Waals surface area contributed by atoms with Crippen molar-refractivity contribution < 1.29 is 19.5 Å². The molecule has 2 N–H and O–H groups in total. The van der Waals surface area contributed by atoms with Gasteiger partial charge < -0.3 is 19.5 Å². The Kier molecular flexibility index (Phi) is 8.07. The first-order chi connectivity index (χ1) is 14.9. The van der Waals surface area contributed by atoms with Crippen molar-refractivity contribution in [2.45, 2.75) is 40.3 Å². The third kappa shape index (κ3) is 5.64. The van der Waals surface area contributed by atoms with E-state index < -0.39 is 6.10 Å². The Balaban J connectivity index is 1.81. The molecule has 0 aliphatic rings. The highest BCUT2D eigenvalue weighted by atomic mass is 35.5. The summed E-state index contributed by atoms with van der Waals surface area (Å²) in [5, 5.41) is 22.9. The first kappa shape index (κ1) is 23.7. The van der Waals surface area contributed by atoms with Crippen molar-refractivity contribution in [2.75, 3.05) is 26.3 Å². The molecule has 0 radical (unpaired) electrons. The van der Waals surface area contributed by atoms with Crippen LogP contribution in [-0.4, -0.2) is 57.7 Å². The molecule has 2 aromatic heterocycles. The lowest BCUT2D eigenvalue weighted by atomic mass is 10.1. The van der Waals surface area contributed by atoms with Gasteiger partial charge in [0.1, 0.15) is 18.5 Å². The van der Waals surface area contributed by atoms with Gasteiger partial charge in [0.15, 0.2) is 0 Å². The fourth-order valence-corrected chi connectivity index (χ4v) is 4.61. The average molecular weight is 466 g/mol. The summed E-state index contributed by atoms with van der Waals surface area (Å²) in [7, 11) is 0. The maximum absolute atomic E-state index is 9.49. The summed E-state index contributed by atoms with van der Waals surface area (Å²) < 4.78 is 11.1. The fraction of sp³-hybridized carbons (Fsp3) is 0.455. The number of ether oxygens (including phenoxy) is 1. The molecule has 0 fully saturated rings. The minimum absolute atomic E-state index is 0.0453. The van der Waals surface area contributed by atoms with E-state index in [-0.39, 0.29) is 13.2 Å². The van der Waals surface area contributed by atoms with Crippen molar-refractivity contribution in [3.63, 3.8) is 0 Å². The molecule has 0 aliphatic carbocycles. The highest BCUT2D eigenvalue weighted by Gasteiger charge is 2.18. The Morgan fingerprint density at radius 2 is 1.94 bits per heavy atom. The largest absolute Gasteiger partial charge is 0.489 e. The Labute approximate surface area is 191 Å². The Morgan fingerprint density at radius 1 is 1.19 bits per heavy atom. The van der Waals surface area contributed by atoms with Crippen LogP contribution in [0.25, 0.3) is 22.2 Å². The fourth-order valence-electron chi connectivity index (χ4n) is 3.15. The van der Waals surface area contributed by atoms with Crippen LogP contribution in [0.15, 0.2) is 22.7 Å². The number of aryl methyl sites for hydroxylation is 2. The number of hydrogen-bond donors (Lipinski definition) is 2. The molecule has 7 nitrogen and oxygen atoms in total. The first-order valence-electron chi connectivity index (χ1n) is 10.2. The maximum Gasteiger partial charge on any atom is 0.268 e. The molecular formula is C22H28ClN3O4S. The number of nitrogens with zero attached hydrogens (tertiary/aromatic N) is 3. The lowest BCUT2D eigenvalue weighted by Crippen LogP contribution is -2.21. The van der Waals surface area contributed by atoms with Crippen LogP contribution in [-0.2, 0) is 6.54 Å². The minimum atomic E-state index is -0.962. The van der Waals surface area contributed by atoms with Gasteiger partial charge >= 0.3 is 0 Å². The van der Waals surface area contributed by atoms with Crippen LogP contribution in [0.4, 0.5) is 0 Å². The molecule has 0 amide bonds. The van der Waals surface area contributed by atoms with Crippen LogP contribution >= 0.6 is 22.9 Å². The number of rotatable bonds is 10. The minimum Gasteiger partial charge on any atom is -0.489 e. The standard InChI is InChI=1S/C22H28ClN3O4S/c1-5-26(6-2)10-19-13(3)8-18(31-19)22-24-21(25-30-22)15-7-14(4)20(17(23)9-15)29-12-16(28)11-27/h7-9,16,27-28H,5-6,10-12H2,1-4H3. The molecule has 0 spiro atoms. The topological polar surface area (TPSA) is 91.9 Å². The molecule has 1 aromatic carbocycles. The van der Waals surface area contributed by atoms with Crippen molar-refractivity contribution in [1.29, 1.82) is 0 Å². The van der Waals surface area contributed by atoms with E-state index in [0.29, 0.717) is 28.1 Å². The summed E-state index contributed by atoms with van der Waals surface area (Å²) in [4.78, 5) is 9.18. The lowest BCUT2D eigenvalue weighted by molar-refractivity contribution is 0.0534. The summed E-state index contributed by atoms with van der Waals surface area (Å²) in [5.41, 5.74) is 2.70. The summed E-state index contributed by atoms with van der Waals surface area (Å²) in [5.74, 6) is 1.38. The quantitative estimate of drug-likeness (QED) is 0.461. The van der Waals surface area contributed by atoms with Gasteiger partial charge in [0.05, 0.1) is 16.5 Å². The van der Waals surface area contributed by atoms with Crippen LogP contribution in [0.2, 0.25) is 5.02 Å². The second-order valence-electron chi connectivity index (χ2n) is 7.35. The van der Waals surface area contributed by atoms with Crippen molar-refractivity contribution >= 4 is 22.9 Å². The van der Waals surface area contributed by atoms with E-state index in [1.54, 1.807) is 17.4 Å². The third-order valence-electron chi connectivity index (χ3n) is 5.04. The Hall–Kier alpha value is -1.97. The van der Waals surface area contributed by atoms with Gasteiger partial charge in [0, 0.05) is 17.0 Å². The molecular weight excluding hydrogens is 438 g/mol. The molecule has 0 aliphatic heterocycles. The predicted molar refractivity (Wildman–Crippen MR) is 123 cm³/mol. The molecule has 168 valence electrons. The first-order valence-corrected chi connectivity index (χ1v) is 11.4. The van der Waals surface area contributed by atoms with Crippen LogP contribution in [0.3, 0.4) is 0 Å². The zero-order valence-corrected chi connectivity index (χ0v) is 19.8. The van der Waals surface area contributed by atoms with Gasteiger partial charge in [-0.25, -0.2) is 0 Å². The number of halogens is 1. The van der Waals surface area contributed by atoms with Gasteiger partial charge in [-0.1, -0.05) is 30.6 Å². The molecule has 0 saturated carbocycles. The monoisotopic (exact) mass is 465 g/mol. The molecule has 9 heteroatoms. The summed E-state index contributed by atoms with van der Waals surface area (Å²) in [6.07, 6.45) is -0.962. The molecule has 31 heavy (non-hydrogen) atoms. The molecule has 2 heterocycles. The number of aliphatic hydroxyl groups is 2. The van der Waals surface area contributed by atoms with Gasteiger partial charge in [0.2, 0.25) is 5.82 Å². The second kappa shape index (κ2) is 10.6. The van der Waals surface area contributed by atoms with Gasteiger partial charge in [-0.3, -0.25) is 4.90 Å². The molecule has 0 bridgehead atoms. The highest BCUT2D eigenvalue weighted by Crippen LogP contribution is 2.35. The smallest absolute Gasteiger partial charge is 0.268 e. The van der Waals surface area contributed by atoms with E-state index in [2.05, 4.69) is 41.9 Å². The van der Waals surface area contributed by atoms with Crippen LogP contribution in [0.5, 0.6) is 5.75 Å². The summed E-state index contributed by atoms with van der Waals surface area (Å²) >= 11 is 8.05. The van der Waals surface area contributed by atoms with Crippen molar-refractivity contribution in [3.05, 3.63) is 39.2 Å². The van der Waals surface area contributed by atoms with Crippen molar-refractivity contribution in [2.24, 2.45) is 0 Å². The average Bonchev–Trinajstić information content (AvgIpc) is 3.38. The van der Waals surface area contributed by atoms with E-state index in [1.807, 2.05) is 13.0 Å². The number of aliphatic hydroxyl groups excluding tert-OH is 2. The second-order valence-corrected chi connectivity index (χ2v) is 8.90.